The minimum absolute atomic E-state index is 0.219. The van der Waals surface area contributed by atoms with Gasteiger partial charge < -0.3 is 5.32 Å². The van der Waals surface area contributed by atoms with Crippen LogP contribution in [-0.2, 0) is 10.0 Å². The number of anilines is 1. The summed E-state index contributed by atoms with van der Waals surface area (Å²) in [5, 5.41) is 2.60. The number of rotatable bonds is 5. The number of halogens is 3. The molecule has 0 fully saturated rings. The topological polar surface area (TPSA) is 75.2 Å². The molecule has 0 amide bonds. The van der Waals surface area contributed by atoms with Crippen LogP contribution in [0.5, 0.6) is 0 Å². The Hall–Kier alpha value is -1.42. The minimum atomic E-state index is -4.41. The van der Waals surface area contributed by atoms with Gasteiger partial charge in [0, 0.05) is 20.6 Å². The largest absolute Gasteiger partial charge is 0.390 e. The van der Waals surface area contributed by atoms with Gasteiger partial charge in [-0.05, 0) is 0 Å². The summed E-state index contributed by atoms with van der Waals surface area (Å²) in [4.78, 5) is 7.16. The Kier molecular flexibility index (Phi) is 4.69. The number of nitrogens with one attached hydrogen (secondary N) is 1. The molecule has 0 radical (unpaired) electrons. The van der Waals surface area contributed by atoms with Gasteiger partial charge in [0.2, 0.25) is 16.0 Å². The summed E-state index contributed by atoms with van der Waals surface area (Å²) in [5.41, 5.74) is 0. The van der Waals surface area contributed by atoms with Gasteiger partial charge in [-0.15, -0.1) is 0 Å². The number of hydrogen-bond donors (Lipinski definition) is 1. The highest BCUT2D eigenvalue weighted by atomic mass is 32.2. The molecule has 0 aliphatic rings. The average Bonchev–Trinajstić information content (AvgIpc) is 2.35. The summed E-state index contributed by atoms with van der Waals surface area (Å²) >= 11 is 0. The molecule has 0 aliphatic heterocycles. The summed E-state index contributed by atoms with van der Waals surface area (Å²) in [7, 11) is -1.37. The third-order valence-corrected chi connectivity index (χ3v) is 4.08. The van der Waals surface area contributed by atoms with Gasteiger partial charge in [-0.1, -0.05) is 0 Å². The Bertz CT molecular complexity index is 515. The second kappa shape index (κ2) is 5.70. The van der Waals surface area contributed by atoms with Crippen molar-refractivity contribution in [3.8, 4) is 0 Å². The van der Waals surface area contributed by atoms with Crippen LogP contribution >= 0.6 is 0 Å². The Labute approximate surface area is 108 Å². The van der Waals surface area contributed by atoms with Crippen molar-refractivity contribution < 1.29 is 21.6 Å². The molecule has 1 heterocycles. The zero-order valence-electron chi connectivity index (χ0n) is 10.3. The molecule has 19 heavy (non-hydrogen) atoms. The molecular formula is C9H13F3N4O2S. The molecule has 0 bridgehead atoms. The lowest BCUT2D eigenvalue weighted by Crippen LogP contribution is -2.30. The fourth-order valence-electron chi connectivity index (χ4n) is 1.16. The van der Waals surface area contributed by atoms with Crippen LogP contribution in [0.25, 0.3) is 0 Å². The third-order valence-electron chi connectivity index (χ3n) is 2.27. The Balaban J connectivity index is 2.84. The molecule has 0 saturated carbocycles. The van der Waals surface area contributed by atoms with E-state index in [2.05, 4.69) is 15.3 Å². The second-order valence-electron chi connectivity index (χ2n) is 3.68. The van der Waals surface area contributed by atoms with Crippen molar-refractivity contribution in [2.75, 3.05) is 26.0 Å². The average molecular weight is 298 g/mol. The van der Waals surface area contributed by atoms with E-state index in [4.69, 9.17) is 0 Å². The van der Waals surface area contributed by atoms with Crippen molar-refractivity contribution in [1.29, 1.82) is 0 Å². The van der Waals surface area contributed by atoms with Crippen molar-refractivity contribution in [2.45, 2.75) is 17.5 Å². The molecule has 1 aromatic rings. The van der Waals surface area contributed by atoms with E-state index in [-0.39, 0.29) is 10.8 Å². The lowest BCUT2D eigenvalue weighted by atomic mass is 10.4. The lowest BCUT2D eigenvalue weighted by molar-refractivity contribution is -0.135. The maximum absolute atomic E-state index is 12.1. The number of aromatic nitrogens is 2. The molecule has 108 valence electrons. The first kappa shape index (κ1) is 15.6. The zero-order chi connectivity index (χ0) is 14.7. The molecule has 0 aliphatic carbocycles. The first-order valence-corrected chi connectivity index (χ1v) is 6.63. The highest BCUT2D eigenvalue weighted by molar-refractivity contribution is 7.89. The molecule has 1 rings (SSSR count). The van der Waals surface area contributed by atoms with E-state index < -0.39 is 29.2 Å². The van der Waals surface area contributed by atoms with E-state index in [1.54, 1.807) is 7.05 Å². The van der Waals surface area contributed by atoms with Crippen molar-refractivity contribution in [2.24, 2.45) is 0 Å². The van der Waals surface area contributed by atoms with Gasteiger partial charge in [-0.25, -0.2) is 22.7 Å². The molecule has 1 aromatic heterocycles. The van der Waals surface area contributed by atoms with Gasteiger partial charge in [0.1, 0.15) is 4.90 Å². The van der Waals surface area contributed by atoms with Gasteiger partial charge in [-0.2, -0.15) is 13.2 Å². The maximum atomic E-state index is 12.1. The molecule has 6 nitrogen and oxygen atoms in total. The molecule has 1 N–H and O–H groups in total. The molecule has 0 aromatic carbocycles. The van der Waals surface area contributed by atoms with Crippen LogP contribution in [0, 0.1) is 0 Å². The van der Waals surface area contributed by atoms with Gasteiger partial charge in [0.05, 0.1) is 18.8 Å². The van der Waals surface area contributed by atoms with E-state index in [0.29, 0.717) is 4.31 Å². The van der Waals surface area contributed by atoms with E-state index >= 15 is 0 Å². The zero-order valence-corrected chi connectivity index (χ0v) is 11.1. The number of alkyl halides is 3. The first-order valence-electron chi connectivity index (χ1n) is 5.19. The SMILES string of the molecule is CNc1ncc(S(=O)(=O)N(C)CCC(F)(F)F)cn1. The second-order valence-corrected chi connectivity index (χ2v) is 5.73. The summed E-state index contributed by atoms with van der Waals surface area (Å²) in [6.07, 6.45) is -3.54. The normalized spacial score (nSPS) is 12.7. The van der Waals surface area contributed by atoms with Crippen molar-refractivity contribution in [3.63, 3.8) is 0 Å². The monoisotopic (exact) mass is 298 g/mol. The van der Waals surface area contributed by atoms with Gasteiger partial charge in [-0.3, -0.25) is 0 Å². The standard InChI is InChI=1S/C9H13F3N4O2S/c1-13-8-14-5-7(6-15-8)19(17,18)16(2)4-3-9(10,11)12/h5-6H,3-4H2,1-2H3,(H,13,14,15). The highest BCUT2D eigenvalue weighted by Crippen LogP contribution is 2.21. The summed E-state index contributed by atoms with van der Waals surface area (Å²) in [6, 6.07) is 0. The number of hydrogen-bond acceptors (Lipinski definition) is 5. The first-order chi connectivity index (χ1) is 8.66. The molecule has 10 heteroatoms. The maximum Gasteiger partial charge on any atom is 0.390 e. The van der Waals surface area contributed by atoms with Crippen molar-refractivity contribution in [3.05, 3.63) is 12.4 Å². The molecule has 0 atom stereocenters. The summed E-state index contributed by atoms with van der Waals surface area (Å²) in [6.45, 7) is -0.653. The molecule has 0 saturated heterocycles. The molecule has 0 spiro atoms. The van der Waals surface area contributed by atoms with Crippen LogP contribution in [0.2, 0.25) is 0 Å². The van der Waals surface area contributed by atoms with Crippen LogP contribution in [-0.4, -0.2) is 49.5 Å². The summed E-state index contributed by atoms with van der Waals surface area (Å²) < 4.78 is 60.6. The Morgan fingerprint density at radius 2 is 1.84 bits per heavy atom. The number of nitrogens with zero attached hydrogens (tertiary/aromatic N) is 3. The van der Waals surface area contributed by atoms with Crippen LogP contribution in [0.15, 0.2) is 17.3 Å². The van der Waals surface area contributed by atoms with Crippen LogP contribution in [0.1, 0.15) is 6.42 Å². The van der Waals surface area contributed by atoms with Crippen LogP contribution in [0.3, 0.4) is 0 Å². The van der Waals surface area contributed by atoms with Crippen molar-refractivity contribution in [1.82, 2.24) is 14.3 Å². The van der Waals surface area contributed by atoms with E-state index in [1.165, 1.54) is 0 Å². The molecular weight excluding hydrogens is 285 g/mol. The Morgan fingerprint density at radius 3 is 2.26 bits per heavy atom. The lowest BCUT2D eigenvalue weighted by Gasteiger charge is -2.17. The minimum Gasteiger partial charge on any atom is -0.357 e. The quantitative estimate of drug-likeness (QED) is 0.880. The highest BCUT2D eigenvalue weighted by Gasteiger charge is 2.30. The fourth-order valence-corrected chi connectivity index (χ4v) is 2.23. The van der Waals surface area contributed by atoms with Gasteiger partial charge in [0.25, 0.3) is 0 Å². The molecule has 0 unspecified atom stereocenters. The van der Waals surface area contributed by atoms with Crippen LogP contribution < -0.4 is 5.32 Å². The predicted molar refractivity (Wildman–Crippen MR) is 62.1 cm³/mol. The van der Waals surface area contributed by atoms with E-state index in [1.807, 2.05) is 0 Å². The van der Waals surface area contributed by atoms with E-state index in [0.717, 1.165) is 19.4 Å². The van der Waals surface area contributed by atoms with Gasteiger partial charge in [0.15, 0.2) is 0 Å². The third kappa shape index (κ3) is 4.31. The van der Waals surface area contributed by atoms with Crippen LogP contribution in [0.4, 0.5) is 19.1 Å². The smallest absolute Gasteiger partial charge is 0.357 e. The van der Waals surface area contributed by atoms with Crippen molar-refractivity contribution >= 4 is 16.0 Å². The van der Waals surface area contributed by atoms with Gasteiger partial charge >= 0.3 is 6.18 Å². The predicted octanol–water partition coefficient (Wildman–Crippen LogP) is 1.09. The Morgan fingerprint density at radius 1 is 1.32 bits per heavy atom. The fraction of sp³-hybridized carbons (Fsp3) is 0.556. The van der Waals surface area contributed by atoms with E-state index in [9.17, 15) is 21.6 Å². The summed E-state index contributed by atoms with van der Waals surface area (Å²) in [5.74, 6) is 0.219. The number of sulfonamides is 1.